The van der Waals surface area contributed by atoms with Crippen molar-refractivity contribution in [3.63, 3.8) is 0 Å². The van der Waals surface area contributed by atoms with Gasteiger partial charge in [0, 0.05) is 17.1 Å². The second-order valence-electron chi connectivity index (χ2n) is 4.25. The molecule has 3 heteroatoms. The van der Waals surface area contributed by atoms with Crippen LogP contribution in [0.15, 0.2) is 54.7 Å². The van der Waals surface area contributed by atoms with Crippen LogP contribution in [0.1, 0.15) is 5.56 Å². The van der Waals surface area contributed by atoms with Gasteiger partial charge in [-0.25, -0.2) is 4.39 Å². The van der Waals surface area contributed by atoms with Crippen molar-refractivity contribution in [3.05, 3.63) is 66.1 Å². The van der Waals surface area contributed by atoms with Crippen LogP contribution in [0, 0.1) is 17.1 Å². The molecule has 1 aromatic heterocycles. The molecular formula is C16H9FN2. The van der Waals surface area contributed by atoms with E-state index in [1.165, 1.54) is 12.1 Å². The molecule has 0 spiro atoms. The van der Waals surface area contributed by atoms with E-state index in [-0.39, 0.29) is 5.82 Å². The quantitative estimate of drug-likeness (QED) is 0.654. The molecular weight excluding hydrogens is 239 g/mol. The van der Waals surface area contributed by atoms with Crippen molar-refractivity contribution in [3.8, 4) is 17.2 Å². The first-order valence-corrected chi connectivity index (χ1v) is 5.82. The Kier molecular flexibility index (Phi) is 2.70. The number of rotatable bonds is 1. The lowest BCUT2D eigenvalue weighted by Crippen LogP contribution is -1.84. The second-order valence-corrected chi connectivity index (χ2v) is 4.25. The normalized spacial score (nSPS) is 10.3. The van der Waals surface area contributed by atoms with Gasteiger partial charge in [-0.15, -0.1) is 0 Å². The van der Waals surface area contributed by atoms with Crippen molar-refractivity contribution in [2.75, 3.05) is 0 Å². The summed E-state index contributed by atoms with van der Waals surface area (Å²) in [6, 6.07) is 15.7. The molecule has 0 aliphatic carbocycles. The molecule has 90 valence electrons. The highest BCUT2D eigenvalue weighted by molar-refractivity contribution is 5.84. The van der Waals surface area contributed by atoms with Gasteiger partial charge in [0.1, 0.15) is 5.82 Å². The molecule has 19 heavy (non-hydrogen) atoms. The van der Waals surface area contributed by atoms with Gasteiger partial charge >= 0.3 is 0 Å². The summed E-state index contributed by atoms with van der Waals surface area (Å²) in [5, 5.41) is 9.81. The Bertz CT molecular complexity index is 786. The number of nitriles is 1. The number of halogens is 1. The molecule has 0 atom stereocenters. The first kappa shape index (κ1) is 11.4. The first-order valence-electron chi connectivity index (χ1n) is 5.82. The Morgan fingerprint density at radius 2 is 1.74 bits per heavy atom. The smallest absolute Gasteiger partial charge is 0.123 e. The standard InChI is InChI=1S/C16H9FN2/c17-15-4-2-12(3-5-15)14-8-13-7-11(9-18)1-6-16(13)19-10-14/h1-8,10H. The topological polar surface area (TPSA) is 36.7 Å². The summed E-state index contributed by atoms with van der Waals surface area (Å²) in [5.74, 6) is -0.260. The fourth-order valence-electron chi connectivity index (χ4n) is 2.00. The van der Waals surface area contributed by atoms with E-state index in [4.69, 9.17) is 5.26 Å². The Hall–Kier alpha value is -2.73. The third-order valence-corrected chi connectivity index (χ3v) is 2.99. The van der Waals surface area contributed by atoms with E-state index in [0.717, 1.165) is 22.0 Å². The predicted octanol–water partition coefficient (Wildman–Crippen LogP) is 3.91. The summed E-state index contributed by atoms with van der Waals surface area (Å²) in [6.45, 7) is 0. The van der Waals surface area contributed by atoms with Gasteiger partial charge < -0.3 is 0 Å². The predicted molar refractivity (Wildman–Crippen MR) is 71.9 cm³/mol. The molecule has 0 fully saturated rings. The lowest BCUT2D eigenvalue weighted by atomic mass is 10.0. The van der Waals surface area contributed by atoms with Crippen LogP contribution in [-0.4, -0.2) is 4.98 Å². The Balaban J connectivity index is 2.15. The summed E-state index contributed by atoms with van der Waals surface area (Å²) in [7, 11) is 0. The first-order chi connectivity index (χ1) is 9.26. The van der Waals surface area contributed by atoms with Crippen LogP contribution in [-0.2, 0) is 0 Å². The molecule has 0 aliphatic heterocycles. The lowest BCUT2D eigenvalue weighted by Gasteiger charge is -2.03. The maximum atomic E-state index is 12.9. The van der Waals surface area contributed by atoms with E-state index in [0.29, 0.717) is 5.56 Å². The van der Waals surface area contributed by atoms with Crippen LogP contribution in [0.2, 0.25) is 0 Å². The van der Waals surface area contributed by atoms with Crippen LogP contribution in [0.25, 0.3) is 22.0 Å². The Morgan fingerprint density at radius 3 is 2.47 bits per heavy atom. The minimum Gasteiger partial charge on any atom is -0.256 e. The van der Waals surface area contributed by atoms with Gasteiger partial charge in [-0.2, -0.15) is 5.26 Å². The van der Waals surface area contributed by atoms with Crippen molar-refractivity contribution in [1.29, 1.82) is 5.26 Å². The molecule has 3 rings (SSSR count). The van der Waals surface area contributed by atoms with Crippen LogP contribution in [0.5, 0.6) is 0 Å². The van der Waals surface area contributed by atoms with Crippen LogP contribution >= 0.6 is 0 Å². The number of hydrogen-bond acceptors (Lipinski definition) is 2. The highest BCUT2D eigenvalue weighted by Gasteiger charge is 2.02. The Labute approximate surface area is 109 Å². The molecule has 0 saturated carbocycles. The highest BCUT2D eigenvalue weighted by atomic mass is 19.1. The maximum absolute atomic E-state index is 12.9. The summed E-state index contributed by atoms with van der Waals surface area (Å²) in [4.78, 5) is 4.35. The number of pyridine rings is 1. The number of fused-ring (bicyclic) bond motifs is 1. The molecule has 0 unspecified atom stereocenters. The van der Waals surface area contributed by atoms with Gasteiger partial charge in [-0.3, -0.25) is 4.98 Å². The third kappa shape index (κ3) is 2.16. The average Bonchev–Trinajstić information content (AvgIpc) is 2.47. The minimum absolute atomic E-state index is 0.260. The minimum atomic E-state index is -0.260. The Morgan fingerprint density at radius 1 is 0.947 bits per heavy atom. The second kappa shape index (κ2) is 4.51. The molecule has 0 radical (unpaired) electrons. The lowest BCUT2D eigenvalue weighted by molar-refractivity contribution is 0.628. The van der Waals surface area contributed by atoms with Gasteiger partial charge in [0.25, 0.3) is 0 Å². The van der Waals surface area contributed by atoms with Crippen LogP contribution in [0.3, 0.4) is 0 Å². The van der Waals surface area contributed by atoms with E-state index in [2.05, 4.69) is 11.1 Å². The number of benzene rings is 2. The van der Waals surface area contributed by atoms with Crippen molar-refractivity contribution in [1.82, 2.24) is 4.98 Å². The van der Waals surface area contributed by atoms with E-state index in [9.17, 15) is 4.39 Å². The van der Waals surface area contributed by atoms with E-state index in [1.54, 1.807) is 30.5 Å². The van der Waals surface area contributed by atoms with Crippen molar-refractivity contribution >= 4 is 10.9 Å². The van der Waals surface area contributed by atoms with Crippen molar-refractivity contribution < 1.29 is 4.39 Å². The van der Waals surface area contributed by atoms with Gasteiger partial charge in [-0.1, -0.05) is 12.1 Å². The molecule has 0 N–H and O–H groups in total. The van der Waals surface area contributed by atoms with E-state index >= 15 is 0 Å². The molecule has 2 nitrogen and oxygen atoms in total. The maximum Gasteiger partial charge on any atom is 0.123 e. The largest absolute Gasteiger partial charge is 0.256 e. The molecule has 0 amide bonds. The summed E-state index contributed by atoms with van der Waals surface area (Å²) in [5.41, 5.74) is 3.25. The van der Waals surface area contributed by atoms with Gasteiger partial charge in [0.15, 0.2) is 0 Å². The van der Waals surface area contributed by atoms with Gasteiger partial charge in [0.05, 0.1) is 17.1 Å². The van der Waals surface area contributed by atoms with Crippen molar-refractivity contribution in [2.45, 2.75) is 0 Å². The zero-order valence-corrected chi connectivity index (χ0v) is 9.97. The van der Waals surface area contributed by atoms with Crippen LogP contribution in [0.4, 0.5) is 4.39 Å². The molecule has 1 heterocycles. The summed E-state index contributed by atoms with van der Waals surface area (Å²) < 4.78 is 12.9. The monoisotopic (exact) mass is 248 g/mol. The number of nitrogens with zero attached hydrogens (tertiary/aromatic N) is 2. The fourth-order valence-corrected chi connectivity index (χ4v) is 2.00. The van der Waals surface area contributed by atoms with Gasteiger partial charge in [0.2, 0.25) is 0 Å². The molecule has 0 saturated heterocycles. The zero-order valence-electron chi connectivity index (χ0n) is 9.97. The summed E-state index contributed by atoms with van der Waals surface area (Å²) in [6.07, 6.45) is 1.75. The van der Waals surface area contributed by atoms with Crippen molar-refractivity contribution in [2.24, 2.45) is 0 Å². The van der Waals surface area contributed by atoms with Gasteiger partial charge in [-0.05, 0) is 42.0 Å². The number of aromatic nitrogens is 1. The molecule has 2 aromatic carbocycles. The zero-order chi connectivity index (χ0) is 13.2. The molecule has 0 bridgehead atoms. The third-order valence-electron chi connectivity index (χ3n) is 2.99. The molecule has 0 aliphatic rings. The van der Waals surface area contributed by atoms with E-state index in [1.807, 2.05) is 12.1 Å². The molecule has 3 aromatic rings. The SMILES string of the molecule is N#Cc1ccc2ncc(-c3ccc(F)cc3)cc2c1. The van der Waals surface area contributed by atoms with E-state index < -0.39 is 0 Å². The number of hydrogen-bond donors (Lipinski definition) is 0. The average molecular weight is 248 g/mol. The summed E-state index contributed by atoms with van der Waals surface area (Å²) >= 11 is 0. The highest BCUT2D eigenvalue weighted by Crippen LogP contribution is 2.23. The fraction of sp³-hybridized carbons (Fsp3) is 0. The van der Waals surface area contributed by atoms with Crippen LogP contribution < -0.4 is 0 Å².